The molecule has 0 spiro atoms. The topological polar surface area (TPSA) is 38.9 Å². The van der Waals surface area contributed by atoms with Gasteiger partial charge in [-0.05, 0) is 94.2 Å². The number of hydrogen-bond donors (Lipinski definition) is 0. The van der Waals surface area contributed by atoms with Crippen molar-refractivity contribution in [2.75, 3.05) is 0 Å². The van der Waals surface area contributed by atoms with Crippen LogP contribution in [0.15, 0.2) is 259 Å². The molecule has 0 fully saturated rings. The molecule has 3 heteroatoms. The summed E-state index contributed by atoms with van der Waals surface area (Å²) >= 11 is 0. The molecule has 0 aliphatic carbocycles. The maximum absolute atomic E-state index is 6.41. The van der Waals surface area contributed by atoms with Crippen molar-refractivity contribution in [2.24, 2.45) is 0 Å². The molecule has 0 N–H and O–H groups in total. The second-order valence-electron chi connectivity index (χ2n) is 18.3. The highest BCUT2D eigenvalue weighted by Crippen LogP contribution is 2.47. The fourth-order valence-corrected chi connectivity index (χ4v) is 11.0. The summed E-state index contributed by atoms with van der Waals surface area (Å²) in [6, 6.07) is 91.2. The van der Waals surface area contributed by atoms with Gasteiger partial charge in [0.1, 0.15) is 11.2 Å². The molecule has 2 heterocycles. The van der Waals surface area contributed by atoms with E-state index in [9.17, 15) is 0 Å². The summed E-state index contributed by atoms with van der Waals surface area (Å²) < 4.78 is 6.41. The van der Waals surface area contributed by atoms with Crippen molar-refractivity contribution in [3.8, 4) is 78.4 Å². The molecule has 0 unspecified atom stereocenters. The van der Waals surface area contributed by atoms with Gasteiger partial charge in [0.05, 0.1) is 11.4 Å². The molecule has 0 aliphatic rings. The van der Waals surface area contributed by atoms with Crippen molar-refractivity contribution < 1.29 is 4.42 Å². The number of furan rings is 1. The molecule has 0 bridgehead atoms. The molecule has 12 aromatic carbocycles. The largest absolute Gasteiger partial charge is 0.455 e. The maximum Gasteiger partial charge on any atom is 0.160 e. The van der Waals surface area contributed by atoms with Gasteiger partial charge in [-0.3, -0.25) is 0 Å². The Morgan fingerprint density at radius 2 is 0.789 bits per heavy atom. The Bertz CT molecular complexity index is 4360. The summed E-state index contributed by atoms with van der Waals surface area (Å²) in [6.07, 6.45) is 0. The SMILES string of the molecule is c1ccc(-c2nc(-c3ccc(-c4cccc5c4oc4ccccc45)cc3)cc(-c3ccc(-c4ccc(-c5c6ccccc6c(-c6ccccc6)c6c5ccc5ccccc56)cc4)c4ccccc34)n2)cc1. The van der Waals surface area contributed by atoms with E-state index in [4.69, 9.17) is 14.4 Å². The van der Waals surface area contributed by atoms with Crippen LogP contribution in [0.5, 0.6) is 0 Å². The molecule has 14 aromatic rings. The van der Waals surface area contributed by atoms with E-state index in [0.717, 1.165) is 77.5 Å². The number of benzene rings is 12. The molecule has 0 aliphatic heterocycles. The monoisotopic (exact) mass is 902 g/mol. The number of nitrogens with zero attached hydrogens (tertiary/aromatic N) is 2. The lowest BCUT2D eigenvalue weighted by Crippen LogP contribution is -1.97. The minimum Gasteiger partial charge on any atom is -0.455 e. The summed E-state index contributed by atoms with van der Waals surface area (Å²) in [4.78, 5) is 10.5. The Morgan fingerprint density at radius 1 is 0.268 bits per heavy atom. The first kappa shape index (κ1) is 40.6. The van der Waals surface area contributed by atoms with Crippen LogP contribution in [0, 0.1) is 0 Å². The van der Waals surface area contributed by atoms with Gasteiger partial charge in [-0.15, -0.1) is 0 Å². The fourth-order valence-electron chi connectivity index (χ4n) is 11.0. The third-order valence-electron chi connectivity index (χ3n) is 14.3. The quantitative estimate of drug-likeness (QED) is 0.118. The van der Waals surface area contributed by atoms with E-state index in [2.05, 4.69) is 224 Å². The Balaban J connectivity index is 0.873. The molecule has 0 atom stereocenters. The molecule has 0 saturated heterocycles. The van der Waals surface area contributed by atoms with Gasteiger partial charge >= 0.3 is 0 Å². The molecular weight excluding hydrogens is 861 g/mol. The summed E-state index contributed by atoms with van der Waals surface area (Å²) in [5, 5.41) is 12.1. The van der Waals surface area contributed by atoms with Crippen molar-refractivity contribution in [3.05, 3.63) is 255 Å². The van der Waals surface area contributed by atoms with Crippen molar-refractivity contribution >= 4 is 65.0 Å². The highest BCUT2D eigenvalue weighted by molar-refractivity contribution is 6.28. The van der Waals surface area contributed by atoms with E-state index in [-0.39, 0.29) is 0 Å². The zero-order chi connectivity index (χ0) is 46.8. The number of hydrogen-bond acceptors (Lipinski definition) is 3. The van der Waals surface area contributed by atoms with Crippen LogP contribution in [-0.2, 0) is 0 Å². The van der Waals surface area contributed by atoms with Crippen LogP contribution in [0.2, 0.25) is 0 Å². The Labute approximate surface area is 410 Å². The fraction of sp³-hybridized carbons (Fsp3) is 0. The minimum atomic E-state index is 0.683. The van der Waals surface area contributed by atoms with E-state index >= 15 is 0 Å². The maximum atomic E-state index is 6.41. The first-order chi connectivity index (χ1) is 35.2. The highest BCUT2D eigenvalue weighted by Gasteiger charge is 2.20. The lowest BCUT2D eigenvalue weighted by atomic mass is 9.83. The van der Waals surface area contributed by atoms with Gasteiger partial charge in [0.25, 0.3) is 0 Å². The zero-order valence-corrected chi connectivity index (χ0v) is 38.6. The molecule has 71 heavy (non-hydrogen) atoms. The molecule has 2 aromatic heterocycles. The Kier molecular flexibility index (Phi) is 9.53. The zero-order valence-electron chi connectivity index (χ0n) is 38.6. The second kappa shape index (κ2) is 16.7. The highest BCUT2D eigenvalue weighted by atomic mass is 16.3. The average molecular weight is 903 g/mol. The number of aromatic nitrogens is 2. The smallest absolute Gasteiger partial charge is 0.160 e. The number of para-hydroxylation sites is 2. The van der Waals surface area contributed by atoms with Crippen LogP contribution in [0.25, 0.3) is 143 Å². The van der Waals surface area contributed by atoms with Gasteiger partial charge in [0.15, 0.2) is 5.82 Å². The van der Waals surface area contributed by atoms with E-state index in [1.54, 1.807) is 0 Å². The molecule has 0 radical (unpaired) electrons. The van der Waals surface area contributed by atoms with Gasteiger partial charge < -0.3 is 4.42 Å². The Morgan fingerprint density at radius 3 is 1.54 bits per heavy atom. The molecule has 330 valence electrons. The summed E-state index contributed by atoms with van der Waals surface area (Å²) in [5.41, 5.74) is 16.0. The standard InChI is InChI=1S/C68H42N2O/c1-3-17-47(18-4-1)65-58-26-12-11-25-57(58)64(60-39-38-43-16-7-8-21-51(43)66(60)65)48-36-32-44(33-37-48)50-40-41-55(54-23-10-9-22-53(50)54)62-42-61(69-68(70-62)49-19-5-2-6-20-49)46-34-30-45(31-35-46)52-27-15-28-59-56-24-13-14-29-63(56)71-67(52)59/h1-42H. The molecule has 14 rings (SSSR count). The van der Waals surface area contributed by atoms with Crippen LogP contribution in [0.4, 0.5) is 0 Å². The van der Waals surface area contributed by atoms with Crippen molar-refractivity contribution in [1.82, 2.24) is 9.97 Å². The van der Waals surface area contributed by atoms with Gasteiger partial charge in [-0.2, -0.15) is 0 Å². The predicted molar refractivity (Wildman–Crippen MR) is 297 cm³/mol. The van der Waals surface area contributed by atoms with Crippen molar-refractivity contribution in [3.63, 3.8) is 0 Å². The van der Waals surface area contributed by atoms with E-state index in [0.29, 0.717) is 5.82 Å². The van der Waals surface area contributed by atoms with Crippen molar-refractivity contribution in [2.45, 2.75) is 0 Å². The lowest BCUT2D eigenvalue weighted by molar-refractivity contribution is 0.670. The van der Waals surface area contributed by atoms with E-state index in [1.165, 1.54) is 60.1 Å². The molecular formula is C68H42N2O. The first-order valence-corrected chi connectivity index (χ1v) is 24.2. The summed E-state index contributed by atoms with van der Waals surface area (Å²) in [5.74, 6) is 0.683. The molecule has 0 saturated carbocycles. The normalized spacial score (nSPS) is 11.7. The van der Waals surface area contributed by atoms with Gasteiger partial charge in [-0.1, -0.05) is 243 Å². The third-order valence-corrected chi connectivity index (χ3v) is 14.3. The van der Waals surface area contributed by atoms with Crippen LogP contribution >= 0.6 is 0 Å². The van der Waals surface area contributed by atoms with E-state index in [1.807, 2.05) is 30.3 Å². The number of fused-ring (bicyclic) bond motifs is 8. The lowest BCUT2D eigenvalue weighted by Gasteiger charge is -2.19. The van der Waals surface area contributed by atoms with E-state index < -0.39 is 0 Å². The van der Waals surface area contributed by atoms with Crippen molar-refractivity contribution in [1.29, 1.82) is 0 Å². The molecule has 0 amide bonds. The third kappa shape index (κ3) is 6.82. The molecule has 3 nitrogen and oxygen atoms in total. The summed E-state index contributed by atoms with van der Waals surface area (Å²) in [7, 11) is 0. The first-order valence-electron chi connectivity index (χ1n) is 24.2. The van der Waals surface area contributed by atoms with Gasteiger partial charge in [0.2, 0.25) is 0 Å². The average Bonchev–Trinajstić information content (AvgIpc) is 3.84. The van der Waals surface area contributed by atoms with Crippen LogP contribution < -0.4 is 0 Å². The predicted octanol–water partition coefficient (Wildman–Crippen LogP) is 18.7. The Hall–Kier alpha value is -9.44. The number of rotatable bonds is 7. The van der Waals surface area contributed by atoms with Gasteiger partial charge in [-0.25, -0.2) is 9.97 Å². The van der Waals surface area contributed by atoms with Crippen LogP contribution in [-0.4, -0.2) is 9.97 Å². The van der Waals surface area contributed by atoms with Crippen LogP contribution in [0.1, 0.15) is 0 Å². The van der Waals surface area contributed by atoms with Crippen LogP contribution in [0.3, 0.4) is 0 Å². The second-order valence-corrected chi connectivity index (χ2v) is 18.3. The van der Waals surface area contributed by atoms with Gasteiger partial charge in [0, 0.05) is 33.0 Å². The summed E-state index contributed by atoms with van der Waals surface area (Å²) in [6.45, 7) is 0. The minimum absolute atomic E-state index is 0.683.